The van der Waals surface area contributed by atoms with Gasteiger partial charge in [0.15, 0.2) is 0 Å². The highest BCUT2D eigenvalue weighted by Gasteiger charge is 2.32. The van der Waals surface area contributed by atoms with Crippen molar-refractivity contribution in [3.05, 3.63) is 53.9 Å². The Kier molecular flexibility index (Phi) is 6.42. The number of aryl methyl sites for hydroxylation is 1. The highest BCUT2D eigenvalue weighted by atomic mass is 16.2. The maximum Gasteiger partial charge on any atom is 0.222 e. The van der Waals surface area contributed by atoms with E-state index in [1.165, 1.54) is 44.5 Å². The average molecular weight is 381 g/mol. The largest absolute Gasteiger partial charge is 0.343 e. The van der Waals surface area contributed by atoms with Gasteiger partial charge in [-0.25, -0.2) is 0 Å². The molecule has 1 aromatic carbocycles. The van der Waals surface area contributed by atoms with Crippen molar-refractivity contribution in [3.63, 3.8) is 0 Å². The van der Waals surface area contributed by atoms with Crippen molar-refractivity contribution < 1.29 is 4.79 Å². The summed E-state index contributed by atoms with van der Waals surface area (Å²) >= 11 is 0. The zero-order valence-corrected chi connectivity index (χ0v) is 16.7. The van der Waals surface area contributed by atoms with Gasteiger partial charge in [-0.05, 0) is 61.6 Å². The van der Waals surface area contributed by atoms with E-state index in [2.05, 4.69) is 50.3 Å². The van der Waals surface area contributed by atoms with Crippen LogP contribution in [0.3, 0.4) is 0 Å². The van der Waals surface area contributed by atoms with E-state index in [-0.39, 0.29) is 0 Å². The van der Waals surface area contributed by atoms with E-state index in [1.807, 2.05) is 12.4 Å². The first kappa shape index (κ1) is 19.2. The third kappa shape index (κ3) is 5.02. The molecule has 1 amide bonds. The summed E-state index contributed by atoms with van der Waals surface area (Å²) < 4.78 is 0. The molecule has 2 aliphatic rings. The number of hydrogen-bond acceptors (Lipinski definition) is 3. The highest BCUT2D eigenvalue weighted by Crippen LogP contribution is 2.32. The standard InChI is InChI=1S/C23H32N4O/c28-23(7-6-20-16-24-25-17-20)27-14-10-21(11-15-27)22-9-13-26(18-22)12-8-19-4-2-1-3-5-19/h1-5,16-17,21-22H,6-15,18H2,(H,24,25). The summed E-state index contributed by atoms with van der Waals surface area (Å²) in [5.74, 6) is 1.91. The molecular weight excluding hydrogens is 348 g/mol. The van der Waals surface area contributed by atoms with Gasteiger partial charge in [0.2, 0.25) is 5.91 Å². The molecule has 0 saturated carbocycles. The number of rotatable bonds is 7. The lowest BCUT2D eigenvalue weighted by atomic mass is 9.83. The Morgan fingerprint density at radius 3 is 2.54 bits per heavy atom. The first-order valence-electron chi connectivity index (χ1n) is 10.8. The van der Waals surface area contributed by atoms with Crippen molar-refractivity contribution in [1.82, 2.24) is 20.0 Å². The molecule has 2 aliphatic heterocycles. The molecule has 2 aromatic rings. The van der Waals surface area contributed by atoms with E-state index in [0.717, 1.165) is 43.3 Å². The van der Waals surface area contributed by atoms with Gasteiger partial charge in [0, 0.05) is 38.8 Å². The molecule has 5 nitrogen and oxygen atoms in total. The van der Waals surface area contributed by atoms with Gasteiger partial charge in [-0.3, -0.25) is 9.89 Å². The number of aromatic nitrogens is 2. The first-order chi connectivity index (χ1) is 13.8. The van der Waals surface area contributed by atoms with E-state index < -0.39 is 0 Å². The van der Waals surface area contributed by atoms with Crippen LogP contribution in [0, 0.1) is 11.8 Å². The summed E-state index contributed by atoms with van der Waals surface area (Å²) in [6.45, 7) is 5.53. The zero-order chi connectivity index (χ0) is 19.2. The van der Waals surface area contributed by atoms with Gasteiger partial charge in [-0.1, -0.05) is 30.3 Å². The predicted molar refractivity (Wildman–Crippen MR) is 111 cm³/mol. The van der Waals surface area contributed by atoms with Crippen LogP contribution in [0.5, 0.6) is 0 Å². The van der Waals surface area contributed by atoms with E-state index in [9.17, 15) is 4.79 Å². The van der Waals surface area contributed by atoms with Crippen LogP contribution < -0.4 is 0 Å². The van der Waals surface area contributed by atoms with Gasteiger partial charge < -0.3 is 9.80 Å². The summed E-state index contributed by atoms with van der Waals surface area (Å²) in [5.41, 5.74) is 2.55. The predicted octanol–water partition coefficient (Wildman–Crippen LogP) is 3.15. The number of likely N-dealkylation sites (tertiary alicyclic amines) is 2. The molecule has 1 N–H and O–H groups in total. The van der Waals surface area contributed by atoms with Crippen molar-refractivity contribution in [2.45, 2.75) is 38.5 Å². The molecule has 0 bridgehead atoms. The lowest BCUT2D eigenvalue weighted by molar-refractivity contribution is -0.132. The van der Waals surface area contributed by atoms with Crippen LogP contribution in [0.1, 0.15) is 36.8 Å². The van der Waals surface area contributed by atoms with Crippen LogP contribution in [0.4, 0.5) is 0 Å². The van der Waals surface area contributed by atoms with E-state index in [0.29, 0.717) is 12.3 Å². The number of amides is 1. The van der Waals surface area contributed by atoms with Gasteiger partial charge in [0.1, 0.15) is 0 Å². The van der Waals surface area contributed by atoms with Crippen LogP contribution in [0.25, 0.3) is 0 Å². The van der Waals surface area contributed by atoms with E-state index in [1.54, 1.807) is 0 Å². The van der Waals surface area contributed by atoms with Gasteiger partial charge in [0.05, 0.1) is 6.20 Å². The number of nitrogens with one attached hydrogen (secondary N) is 1. The van der Waals surface area contributed by atoms with E-state index >= 15 is 0 Å². The smallest absolute Gasteiger partial charge is 0.222 e. The van der Waals surface area contributed by atoms with Crippen molar-refractivity contribution in [2.24, 2.45) is 11.8 Å². The molecule has 2 saturated heterocycles. The summed E-state index contributed by atoms with van der Waals surface area (Å²) in [6.07, 6.45) is 9.90. The minimum Gasteiger partial charge on any atom is -0.343 e. The fraction of sp³-hybridized carbons (Fsp3) is 0.565. The number of hydrogen-bond donors (Lipinski definition) is 1. The first-order valence-corrected chi connectivity index (χ1v) is 10.8. The van der Waals surface area contributed by atoms with Crippen molar-refractivity contribution >= 4 is 5.91 Å². The monoisotopic (exact) mass is 380 g/mol. The van der Waals surface area contributed by atoms with Crippen LogP contribution in [-0.2, 0) is 17.6 Å². The Morgan fingerprint density at radius 1 is 1.00 bits per heavy atom. The maximum atomic E-state index is 12.5. The molecule has 1 atom stereocenters. The molecule has 0 spiro atoms. The Hall–Kier alpha value is -2.14. The van der Waals surface area contributed by atoms with Gasteiger partial charge in [-0.2, -0.15) is 5.10 Å². The van der Waals surface area contributed by atoms with E-state index in [4.69, 9.17) is 0 Å². The quantitative estimate of drug-likeness (QED) is 0.803. The second-order valence-corrected chi connectivity index (χ2v) is 8.41. The minimum atomic E-state index is 0.301. The Morgan fingerprint density at radius 2 is 1.79 bits per heavy atom. The number of carbonyl (C=O) groups excluding carboxylic acids is 1. The molecule has 0 aliphatic carbocycles. The second kappa shape index (κ2) is 9.37. The normalized spacial score (nSPS) is 21.3. The fourth-order valence-corrected chi connectivity index (χ4v) is 4.83. The molecule has 3 heterocycles. The Bertz CT molecular complexity index is 722. The average Bonchev–Trinajstić information content (AvgIpc) is 3.43. The Labute approximate surface area is 168 Å². The molecule has 1 aromatic heterocycles. The highest BCUT2D eigenvalue weighted by molar-refractivity contribution is 5.76. The molecule has 1 unspecified atom stereocenters. The van der Waals surface area contributed by atoms with Gasteiger partial charge >= 0.3 is 0 Å². The van der Waals surface area contributed by atoms with Crippen LogP contribution in [0.2, 0.25) is 0 Å². The lowest BCUT2D eigenvalue weighted by Crippen LogP contribution is -2.40. The topological polar surface area (TPSA) is 52.2 Å². The van der Waals surface area contributed by atoms with Crippen LogP contribution in [-0.4, -0.2) is 58.6 Å². The van der Waals surface area contributed by atoms with Crippen molar-refractivity contribution in [1.29, 1.82) is 0 Å². The second-order valence-electron chi connectivity index (χ2n) is 8.41. The maximum absolute atomic E-state index is 12.5. The SMILES string of the molecule is O=C(CCc1cn[nH]c1)N1CCC(C2CCN(CCc3ccccc3)C2)CC1. The zero-order valence-electron chi connectivity index (χ0n) is 16.7. The number of nitrogens with zero attached hydrogens (tertiary/aromatic N) is 3. The molecule has 150 valence electrons. The third-order valence-corrected chi connectivity index (χ3v) is 6.61. The number of aromatic amines is 1. The molecule has 5 heteroatoms. The van der Waals surface area contributed by atoms with Gasteiger partial charge in [-0.15, -0.1) is 0 Å². The van der Waals surface area contributed by atoms with Crippen molar-refractivity contribution in [2.75, 3.05) is 32.7 Å². The minimum absolute atomic E-state index is 0.301. The molecule has 2 fully saturated rings. The van der Waals surface area contributed by atoms with Crippen molar-refractivity contribution in [3.8, 4) is 0 Å². The molecule has 4 rings (SSSR count). The molecular formula is C23H32N4O. The molecule has 0 radical (unpaired) electrons. The summed E-state index contributed by atoms with van der Waals surface area (Å²) in [5, 5.41) is 6.76. The lowest BCUT2D eigenvalue weighted by Gasteiger charge is -2.35. The fourth-order valence-electron chi connectivity index (χ4n) is 4.83. The summed E-state index contributed by atoms with van der Waals surface area (Å²) in [4.78, 5) is 17.2. The number of piperidine rings is 1. The summed E-state index contributed by atoms with van der Waals surface area (Å²) in [7, 11) is 0. The van der Waals surface area contributed by atoms with Gasteiger partial charge in [0.25, 0.3) is 0 Å². The molecule has 28 heavy (non-hydrogen) atoms. The number of H-pyrrole nitrogens is 1. The summed E-state index contributed by atoms with van der Waals surface area (Å²) in [6, 6.07) is 10.8. The number of carbonyl (C=O) groups is 1. The Balaban J connectivity index is 1.16. The number of benzene rings is 1. The third-order valence-electron chi connectivity index (χ3n) is 6.61. The van der Waals surface area contributed by atoms with Crippen LogP contribution >= 0.6 is 0 Å². The van der Waals surface area contributed by atoms with Crippen LogP contribution in [0.15, 0.2) is 42.7 Å².